The second-order valence-corrected chi connectivity index (χ2v) is 14.7. The number of phenols is 1. The van der Waals surface area contributed by atoms with Gasteiger partial charge in [0.05, 0.1) is 11.7 Å². The number of aromatic hydroxyl groups is 1. The third kappa shape index (κ3) is 7.32. The first kappa shape index (κ1) is 34.2. The maximum atomic E-state index is 13.4. The number of carboxylic acids is 1. The van der Waals surface area contributed by atoms with Crippen LogP contribution in [0.2, 0.25) is 0 Å². The molecule has 0 radical (unpaired) electrons. The Balaban J connectivity index is 1.01. The van der Waals surface area contributed by atoms with Crippen molar-refractivity contribution in [2.75, 3.05) is 18.0 Å². The molecule has 0 bridgehead atoms. The quantitative estimate of drug-likeness (QED) is 0.0849. The van der Waals surface area contributed by atoms with E-state index in [1.165, 1.54) is 11.8 Å². The highest BCUT2D eigenvalue weighted by Gasteiger charge is 2.53. The largest absolute Gasteiger partial charge is 0.543 e. The molecule has 4 aliphatic rings. The molecule has 3 fully saturated rings. The molecular weight excluding hydrogens is 695 g/mol. The summed E-state index contributed by atoms with van der Waals surface area (Å²) >= 11 is 2.42. The number of benzene rings is 1. The summed E-state index contributed by atoms with van der Waals surface area (Å²) in [5.41, 5.74) is 8.22. The number of β-lactam (4-membered cyclic amide) rings is 1. The molecule has 1 aliphatic carbocycles. The maximum Gasteiger partial charge on any atom is 0.276 e. The van der Waals surface area contributed by atoms with Crippen molar-refractivity contribution in [2.45, 2.75) is 62.7 Å². The average molecular weight is 730 g/mol. The lowest BCUT2D eigenvalue weighted by molar-refractivity contribution is -0.688. The van der Waals surface area contributed by atoms with E-state index >= 15 is 0 Å². The van der Waals surface area contributed by atoms with Gasteiger partial charge in [0.1, 0.15) is 29.0 Å². The summed E-state index contributed by atoms with van der Waals surface area (Å²) in [5.74, 6) is -2.66. The van der Waals surface area contributed by atoms with E-state index in [2.05, 4.69) is 15.5 Å². The third-order valence-corrected chi connectivity index (χ3v) is 11.2. The van der Waals surface area contributed by atoms with E-state index in [-0.39, 0.29) is 45.7 Å². The van der Waals surface area contributed by atoms with Crippen LogP contribution >= 0.6 is 23.1 Å². The number of nitrogen functional groups attached to an aromatic ring is 1. The third-order valence-electron chi connectivity index (χ3n) is 9.22. The highest BCUT2D eigenvalue weighted by Crippen LogP contribution is 2.41. The highest BCUT2D eigenvalue weighted by atomic mass is 32.2. The standard InChI is InChI=1S/C35H35N7O7S2/c36-35-37-26(19-51-35)27(39-49-25-6-1-2-7-25)30(44)38-28-32(46)42-29(34(47)48)23(18-50-33(28)42)15-22-10-13-41(31(22)45)17-20-8-11-40(12-9-20)16-21-4-3-5-24(43)14-21/h3-5,8-9,11-12,14-15,19,25,28,33H,1-2,6-7,10,13,16-18H2,(H4-,36,37,38,43,44,47,48)/b22-15?,39-27-/t28-,33-/m1/s1. The molecule has 3 aliphatic heterocycles. The van der Waals surface area contributed by atoms with Gasteiger partial charge in [-0.25, -0.2) is 9.55 Å². The van der Waals surface area contributed by atoms with Gasteiger partial charge in [-0.05, 0) is 61.4 Å². The van der Waals surface area contributed by atoms with Crippen molar-refractivity contribution in [3.63, 3.8) is 0 Å². The van der Waals surface area contributed by atoms with Crippen LogP contribution in [-0.4, -0.2) is 79.1 Å². The number of aromatic nitrogens is 2. The van der Waals surface area contributed by atoms with E-state index in [1.807, 2.05) is 35.2 Å². The lowest BCUT2D eigenvalue weighted by Crippen LogP contribution is -2.71. The van der Waals surface area contributed by atoms with Crippen LogP contribution in [0.15, 0.2) is 82.2 Å². The molecule has 2 atom stereocenters. The van der Waals surface area contributed by atoms with Gasteiger partial charge < -0.3 is 35.8 Å². The van der Waals surface area contributed by atoms with Crippen molar-refractivity contribution in [1.82, 2.24) is 20.1 Å². The number of carboxylic acid groups (broad SMARTS) is 1. The summed E-state index contributed by atoms with van der Waals surface area (Å²) in [7, 11) is 0. The van der Waals surface area contributed by atoms with Crippen molar-refractivity contribution < 1.29 is 38.8 Å². The average Bonchev–Trinajstić information content (AvgIpc) is 3.87. The molecule has 7 rings (SSSR count). The molecule has 4 N–H and O–H groups in total. The molecule has 3 aromatic rings. The van der Waals surface area contributed by atoms with Gasteiger partial charge in [0.2, 0.25) is 5.91 Å². The Kier molecular flexibility index (Phi) is 9.77. The molecule has 14 nitrogen and oxygen atoms in total. The molecule has 3 amide bonds. The predicted molar refractivity (Wildman–Crippen MR) is 185 cm³/mol. The summed E-state index contributed by atoms with van der Waals surface area (Å²) in [6, 6.07) is 9.89. The summed E-state index contributed by atoms with van der Waals surface area (Å²) in [6.07, 6.45) is 9.34. The van der Waals surface area contributed by atoms with Crippen LogP contribution in [-0.2, 0) is 37.1 Å². The SMILES string of the molecule is Nc1nc(/C(=N/OC2CCCC2)C(=O)N[C@@H]2C(=O)N3C(C(=O)[O-])=C(C=C4CCN(Cc5cc[n+](Cc6cccc(O)c6)cc5)C4=O)CS[C@H]23)cs1. The Morgan fingerprint density at radius 2 is 1.96 bits per heavy atom. The molecule has 2 saturated heterocycles. The fourth-order valence-electron chi connectivity index (χ4n) is 6.62. The molecular formula is C35H35N7O7S2. The zero-order valence-corrected chi connectivity index (χ0v) is 29.0. The molecule has 0 unspecified atom stereocenters. The number of thioether (sulfide) groups is 1. The lowest BCUT2D eigenvalue weighted by atomic mass is 10.0. The number of likely N-dealkylation sites (tertiary alicyclic amines) is 1. The number of pyridine rings is 1. The van der Waals surface area contributed by atoms with Gasteiger partial charge in [-0.3, -0.25) is 19.3 Å². The first-order valence-corrected chi connectivity index (χ1v) is 18.5. The Morgan fingerprint density at radius 3 is 2.67 bits per heavy atom. The van der Waals surface area contributed by atoms with E-state index in [0.717, 1.165) is 53.0 Å². The monoisotopic (exact) mass is 729 g/mol. The minimum Gasteiger partial charge on any atom is -0.543 e. The number of nitrogens with one attached hydrogen (secondary N) is 1. The first-order valence-electron chi connectivity index (χ1n) is 16.6. The Labute approximate surface area is 301 Å². The van der Waals surface area contributed by atoms with Gasteiger partial charge in [-0.2, -0.15) is 0 Å². The zero-order valence-electron chi connectivity index (χ0n) is 27.4. The molecule has 16 heteroatoms. The number of hydrogen-bond acceptors (Lipinski definition) is 12. The van der Waals surface area contributed by atoms with Crippen LogP contribution in [0.3, 0.4) is 0 Å². The minimum atomic E-state index is -1.54. The number of nitrogens with zero attached hydrogens (tertiary/aromatic N) is 5. The number of rotatable bonds is 11. The molecule has 51 heavy (non-hydrogen) atoms. The van der Waals surface area contributed by atoms with Crippen LogP contribution in [0.1, 0.15) is 48.9 Å². The summed E-state index contributed by atoms with van der Waals surface area (Å²) in [6.45, 7) is 1.42. The fourth-order valence-corrected chi connectivity index (χ4v) is 8.48. The second kappa shape index (κ2) is 14.6. The number of anilines is 1. The summed E-state index contributed by atoms with van der Waals surface area (Å²) < 4.78 is 1.97. The van der Waals surface area contributed by atoms with E-state index in [0.29, 0.717) is 37.2 Å². The Hall–Kier alpha value is -5.22. The van der Waals surface area contributed by atoms with E-state index in [4.69, 9.17) is 10.6 Å². The number of nitrogens with two attached hydrogens (primary N) is 1. The number of fused-ring (bicyclic) bond motifs is 1. The molecule has 2 aromatic heterocycles. The molecule has 0 spiro atoms. The van der Waals surface area contributed by atoms with Crippen molar-refractivity contribution >= 4 is 57.6 Å². The Bertz CT molecular complexity index is 1970. The second-order valence-electron chi connectivity index (χ2n) is 12.7. The predicted octanol–water partition coefficient (Wildman–Crippen LogP) is 1.19. The van der Waals surface area contributed by atoms with Crippen LogP contribution in [0.25, 0.3) is 0 Å². The molecule has 264 valence electrons. The van der Waals surface area contributed by atoms with Crippen LogP contribution in [0.5, 0.6) is 5.75 Å². The smallest absolute Gasteiger partial charge is 0.276 e. The maximum absolute atomic E-state index is 13.4. The molecule has 5 heterocycles. The molecule has 1 saturated carbocycles. The van der Waals surface area contributed by atoms with Gasteiger partial charge in [0.25, 0.3) is 11.8 Å². The highest BCUT2D eigenvalue weighted by molar-refractivity contribution is 8.00. The van der Waals surface area contributed by atoms with Crippen LogP contribution in [0.4, 0.5) is 5.13 Å². The van der Waals surface area contributed by atoms with Gasteiger partial charge in [0.15, 0.2) is 29.8 Å². The van der Waals surface area contributed by atoms with Crippen molar-refractivity contribution in [3.05, 3.63) is 93.9 Å². The van der Waals surface area contributed by atoms with Gasteiger partial charge >= 0.3 is 0 Å². The Morgan fingerprint density at radius 1 is 1.18 bits per heavy atom. The number of hydrogen-bond donors (Lipinski definition) is 3. The van der Waals surface area contributed by atoms with Gasteiger partial charge in [0, 0.05) is 47.5 Å². The zero-order chi connectivity index (χ0) is 35.6. The molecule has 1 aromatic carbocycles. The normalized spacial score (nSPS) is 21.6. The van der Waals surface area contributed by atoms with E-state index in [1.54, 1.807) is 34.6 Å². The number of oxime groups is 1. The number of carbonyl (C=O) groups is 4. The van der Waals surface area contributed by atoms with E-state index in [9.17, 15) is 29.4 Å². The lowest BCUT2D eigenvalue weighted by Gasteiger charge is -2.50. The number of phenolic OH excluding ortho intramolecular Hbond substituents is 1. The minimum absolute atomic E-state index is 0.115. The summed E-state index contributed by atoms with van der Waals surface area (Å²) in [5, 5.41) is 30.0. The summed E-state index contributed by atoms with van der Waals surface area (Å²) in [4.78, 5) is 65.2. The van der Waals surface area contributed by atoms with Crippen LogP contribution in [0, 0.1) is 0 Å². The van der Waals surface area contributed by atoms with Crippen molar-refractivity contribution in [2.24, 2.45) is 5.16 Å². The first-order chi connectivity index (χ1) is 24.6. The number of thiazole rings is 1. The van der Waals surface area contributed by atoms with Crippen molar-refractivity contribution in [3.8, 4) is 5.75 Å². The fraction of sp³-hybridized carbons (Fsp3) is 0.343. The van der Waals surface area contributed by atoms with Crippen LogP contribution < -0.4 is 20.7 Å². The number of allylic oxidation sites excluding steroid dienone is 1. The number of aliphatic carboxylic acids is 1. The number of carbonyl (C=O) groups excluding carboxylic acids is 4. The number of amides is 3. The van der Waals surface area contributed by atoms with E-state index < -0.39 is 29.2 Å². The topological polar surface area (TPSA) is 194 Å². The van der Waals surface area contributed by atoms with Crippen molar-refractivity contribution in [1.29, 1.82) is 0 Å². The van der Waals surface area contributed by atoms with Gasteiger partial charge in [-0.15, -0.1) is 23.1 Å². The van der Waals surface area contributed by atoms with Gasteiger partial charge in [-0.1, -0.05) is 17.3 Å².